The number of allylic oxidation sites excluding steroid dienone is 24. The van der Waals surface area contributed by atoms with Crippen molar-refractivity contribution in [1.29, 1.82) is 0 Å². The molecule has 0 saturated carbocycles. The van der Waals surface area contributed by atoms with E-state index in [1.807, 2.05) is 0 Å². The third-order valence-corrected chi connectivity index (χ3v) is 13.8. The number of hydrogen-bond donors (Lipinski definition) is 0. The molecular weight excluding hydrogens is 997 g/mol. The van der Waals surface area contributed by atoms with E-state index in [0.29, 0.717) is 19.3 Å². The number of esters is 3. The molecule has 81 heavy (non-hydrogen) atoms. The minimum atomic E-state index is -0.798. The van der Waals surface area contributed by atoms with E-state index in [1.54, 1.807) is 0 Å². The van der Waals surface area contributed by atoms with Crippen LogP contribution >= 0.6 is 0 Å². The van der Waals surface area contributed by atoms with E-state index in [-0.39, 0.29) is 31.1 Å². The zero-order valence-electron chi connectivity index (χ0n) is 52.5. The van der Waals surface area contributed by atoms with Gasteiger partial charge in [0.25, 0.3) is 0 Å². The predicted molar refractivity (Wildman–Crippen MR) is 352 cm³/mol. The number of hydrogen-bond acceptors (Lipinski definition) is 6. The molecule has 0 N–H and O–H groups in total. The SMILES string of the molecule is CC/C=C\C/C=C\C/C=C\C/C=C\C/C=C\C/C=C\C/C=C\C/C=C\C/C=C\CCCCCCCC(=O)OCC(COC(=O)CCCCCCC/C=C\CCCC)OC(=O)CCCCCCCCCCC/C=C\C/C=C\CCCCC. The summed E-state index contributed by atoms with van der Waals surface area (Å²) < 4.78 is 16.9. The van der Waals surface area contributed by atoms with Crippen LogP contribution in [-0.4, -0.2) is 37.2 Å². The minimum absolute atomic E-state index is 0.0938. The summed E-state index contributed by atoms with van der Waals surface area (Å²) in [4.78, 5) is 38.3. The van der Waals surface area contributed by atoms with Crippen LogP contribution in [0.15, 0.2) is 146 Å². The monoisotopic (exact) mass is 1120 g/mol. The van der Waals surface area contributed by atoms with Gasteiger partial charge >= 0.3 is 17.9 Å². The van der Waals surface area contributed by atoms with Gasteiger partial charge < -0.3 is 14.2 Å². The van der Waals surface area contributed by atoms with Gasteiger partial charge in [-0.05, 0) is 141 Å². The Balaban J connectivity index is 4.32. The first kappa shape index (κ1) is 76.3. The Bertz CT molecular complexity index is 1760. The summed E-state index contributed by atoms with van der Waals surface area (Å²) >= 11 is 0. The third kappa shape index (κ3) is 66.0. The lowest BCUT2D eigenvalue weighted by Gasteiger charge is -2.18. The first-order valence-electron chi connectivity index (χ1n) is 33.3. The molecule has 0 radical (unpaired) electrons. The van der Waals surface area contributed by atoms with Gasteiger partial charge in [-0.1, -0.05) is 276 Å². The fourth-order valence-electron chi connectivity index (χ4n) is 8.80. The normalized spacial score (nSPS) is 13.1. The van der Waals surface area contributed by atoms with Gasteiger partial charge in [0, 0.05) is 19.3 Å². The summed E-state index contributed by atoms with van der Waals surface area (Å²) in [6.45, 7) is 6.44. The summed E-state index contributed by atoms with van der Waals surface area (Å²) in [5.74, 6) is -0.926. The van der Waals surface area contributed by atoms with Crippen LogP contribution in [0.5, 0.6) is 0 Å². The van der Waals surface area contributed by atoms with Gasteiger partial charge in [0.15, 0.2) is 6.10 Å². The second-order valence-corrected chi connectivity index (χ2v) is 21.6. The summed E-state index contributed by atoms with van der Waals surface area (Å²) in [6, 6.07) is 0. The molecule has 0 aliphatic heterocycles. The van der Waals surface area contributed by atoms with Crippen LogP contribution in [0.25, 0.3) is 0 Å². The van der Waals surface area contributed by atoms with Crippen molar-refractivity contribution in [3.8, 4) is 0 Å². The molecule has 458 valence electrons. The molecular formula is C75H122O6. The van der Waals surface area contributed by atoms with Crippen LogP contribution in [0.3, 0.4) is 0 Å². The number of ether oxygens (including phenoxy) is 3. The summed E-state index contributed by atoms with van der Waals surface area (Å²) in [5, 5.41) is 0. The standard InChI is InChI=1S/C75H122O6/c1-4-7-10-13-16-19-22-24-26-28-30-31-32-33-34-35-36-37-38-39-40-41-42-43-45-46-48-50-53-56-59-62-65-68-74(77)80-71-72(70-79-73(76)67-64-61-58-55-52-21-18-15-12-9-6-3)81-75(78)69-66-63-60-57-54-51-49-47-44-29-27-25-23-20-17-14-11-8-5-2/h7,10,15-20,24-27,30-31,33-34,36-37,39-40,42-43,46,48,72H,4-6,8-9,11-14,21-23,28-29,32,35,38,41,44-45,47,49-71H2,1-3H3/b10-7-,18-15-,19-16-,20-17-,26-24-,27-25-,31-30-,34-33-,37-36-,40-39-,43-42-,48-46-. The molecule has 0 heterocycles. The number of rotatable bonds is 59. The molecule has 0 aliphatic rings. The topological polar surface area (TPSA) is 78.9 Å². The molecule has 0 aromatic heterocycles. The molecule has 0 saturated heterocycles. The maximum Gasteiger partial charge on any atom is 0.306 e. The highest BCUT2D eigenvalue weighted by Gasteiger charge is 2.19. The van der Waals surface area contributed by atoms with Crippen LogP contribution in [0.1, 0.15) is 290 Å². The van der Waals surface area contributed by atoms with Crippen molar-refractivity contribution in [1.82, 2.24) is 0 Å². The minimum Gasteiger partial charge on any atom is -0.462 e. The van der Waals surface area contributed by atoms with Gasteiger partial charge in [0.2, 0.25) is 0 Å². The quantitative estimate of drug-likeness (QED) is 0.0261. The molecule has 1 atom stereocenters. The van der Waals surface area contributed by atoms with E-state index in [1.165, 1.54) is 96.3 Å². The predicted octanol–water partition coefficient (Wildman–Crippen LogP) is 23.1. The van der Waals surface area contributed by atoms with E-state index in [2.05, 4.69) is 167 Å². The first-order valence-corrected chi connectivity index (χ1v) is 33.3. The van der Waals surface area contributed by atoms with Gasteiger partial charge in [-0.15, -0.1) is 0 Å². The van der Waals surface area contributed by atoms with Crippen molar-refractivity contribution >= 4 is 17.9 Å². The van der Waals surface area contributed by atoms with E-state index < -0.39 is 6.10 Å². The Kier molecular flexibility index (Phi) is 63.9. The van der Waals surface area contributed by atoms with Crippen molar-refractivity contribution in [2.45, 2.75) is 297 Å². The smallest absolute Gasteiger partial charge is 0.306 e. The van der Waals surface area contributed by atoms with E-state index in [4.69, 9.17) is 14.2 Å². The second kappa shape index (κ2) is 67.8. The van der Waals surface area contributed by atoms with Crippen LogP contribution in [0, 0.1) is 0 Å². The molecule has 0 aromatic carbocycles. The molecule has 0 aromatic rings. The highest BCUT2D eigenvalue weighted by Crippen LogP contribution is 2.15. The average Bonchev–Trinajstić information content (AvgIpc) is 3.47. The van der Waals surface area contributed by atoms with Crippen LogP contribution in [0.2, 0.25) is 0 Å². The summed E-state index contributed by atoms with van der Waals surface area (Å²) in [6.07, 6.45) is 97.2. The van der Waals surface area contributed by atoms with E-state index in [0.717, 1.165) is 154 Å². The van der Waals surface area contributed by atoms with Crippen molar-refractivity contribution in [3.63, 3.8) is 0 Å². The Hall–Kier alpha value is -4.71. The lowest BCUT2D eigenvalue weighted by atomic mass is 10.1. The van der Waals surface area contributed by atoms with Gasteiger partial charge in [0.05, 0.1) is 0 Å². The lowest BCUT2D eigenvalue weighted by molar-refractivity contribution is -0.167. The third-order valence-electron chi connectivity index (χ3n) is 13.8. The largest absolute Gasteiger partial charge is 0.462 e. The van der Waals surface area contributed by atoms with Gasteiger partial charge in [0.1, 0.15) is 13.2 Å². The molecule has 0 fully saturated rings. The molecule has 0 aliphatic carbocycles. The number of unbranched alkanes of at least 4 members (excludes halogenated alkanes) is 24. The number of carbonyl (C=O) groups excluding carboxylic acids is 3. The van der Waals surface area contributed by atoms with Gasteiger partial charge in [-0.25, -0.2) is 0 Å². The van der Waals surface area contributed by atoms with Crippen LogP contribution < -0.4 is 0 Å². The van der Waals surface area contributed by atoms with E-state index >= 15 is 0 Å². The molecule has 0 spiro atoms. The number of carbonyl (C=O) groups is 3. The van der Waals surface area contributed by atoms with E-state index in [9.17, 15) is 14.4 Å². The maximum absolute atomic E-state index is 12.9. The van der Waals surface area contributed by atoms with Crippen molar-refractivity contribution in [3.05, 3.63) is 146 Å². The first-order chi connectivity index (χ1) is 40.0. The Morgan fingerprint density at radius 2 is 0.494 bits per heavy atom. The molecule has 6 nitrogen and oxygen atoms in total. The Morgan fingerprint density at radius 3 is 0.802 bits per heavy atom. The van der Waals surface area contributed by atoms with Crippen molar-refractivity contribution in [2.24, 2.45) is 0 Å². The van der Waals surface area contributed by atoms with Crippen molar-refractivity contribution in [2.75, 3.05) is 13.2 Å². The Labute approximate surface area is 499 Å². The van der Waals surface area contributed by atoms with Crippen molar-refractivity contribution < 1.29 is 28.6 Å². The molecule has 0 bridgehead atoms. The summed E-state index contributed by atoms with van der Waals surface area (Å²) in [5.41, 5.74) is 0. The lowest BCUT2D eigenvalue weighted by Crippen LogP contribution is -2.30. The zero-order valence-corrected chi connectivity index (χ0v) is 52.5. The second-order valence-electron chi connectivity index (χ2n) is 21.6. The zero-order chi connectivity index (χ0) is 58.5. The highest BCUT2D eigenvalue weighted by atomic mass is 16.6. The molecule has 0 amide bonds. The molecule has 0 rings (SSSR count). The molecule has 6 heteroatoms. The van der Waals surface area contributed by atoms with Gasteiger partial charge in [-0.2, -0.15) is 0 Å². The Morgan fingerprint density at radius 1 is 0.259 bits per heavy atom. The molecule has 1 unspecified atom stereocenters. The average molecular weight is 1120 g/mol. The fraction of sp³-hybridized carbons (Fsp3) is 0.640. The fourth-order valence-corrected chi connectivity index (χ4v) is 8.80. The summed E-state index contributed by atoms with van der Waals surface area (Å²) in [7, 11) is 0. The van der Waals surface area contributed by atoms with Gasteiger partial charge in [-0.3, -0.25) is 14.4 Å². The van der Waals surface area contributed by atoms with Crippen LogP contribution in [0.4, 0.5) is 0 Å². The highest BCUT2D eigenvalue weighted by molar-refractivity contribution is 5.71. The van der Waals surface area contributed by atoms with Crippen LogP contribution in [-0.2, 0) is 28.6 Å². The maximum atomic E-state index is 12.9.